The molecule has 134 valence electrons. The molecule has 0 bridgehead atoms. The normalized spacial score (nSPS) is 34.9. The molecule has 1 aliphatic rings. The van der Waals surface area contributed by atoms with Crippen molar-refractivity contribution in [3.8, 4) is 0 Å². The van der Waals surface area contributed by atoms with Crippen molar-refractivity contribution in [1.29, 1.82) is 0 Å². The van der Waals surface area contributed by atoms with Gasteiger partial charge >= 0.3 is 0 Å². The highest BCUT2D eigenvalue weighted by Crippen LogP contribution is 2.22. The van der Waals surface area contributed by atoms with Gasteiger partial charge in [0.2, 0.25) is 0 Å². The summed E-state index contributed by atoms with van der Waals surface area (Å²) in [6.45, 7) is 6.72. The first-order chi connectivity index (χ1) is 10.7. The summed E-state index contributed by atoms with van der Waals surface area (Å²) in [4.78, 5) is 0. The van der Waals surface area contributed by atoms with Crippen LogP contribution in [-0.2, 0) is 9.47 Å². The van der Waals surface area contributed by atoms with Crippen molar-refractivity contribution in [1.82, 2.24) is 0 Å². The number of hydrogen-bond acceptors (Lipinski definition) is 7. The molecule has 6 atom stereocenters. The smallest absolute Gasteiger partial charge is 0.187 e. The van der Waals surface area contributed by atoms with Crippen LogP contribution in [0.2, 0.25) is 0 Å². The van der Waals surface area contributed by atoms with Gasteiger partial charge in [-0.15, -0.1) is 6.58 Å². The molecule has 7 nitrogen and oxygen atoms in total. The number of allylic oxidation sites excluding steroid dienone is 1. The third-order valence-corrected chi connectivity index (χ3v) is 3.91. The summed E-state index contributed by atoms with van der Waals surface area (Å²) in [6, 6.07) is 0. The molecular formula is C16H28O7. The van der Waals surface area contributed by atoms with Crippen molar-refractivity contribution in [2.45, 2.75) is 63.0 Å². The van der Waals surface area contributed by atoms with Crippen LogP contribution >= 0.6 is 0 Å². The van der Waals surface area contributed by atoms with Gasteiger partial charge in [-0.25, -0.2) is 0 Å². The average Bonchev–Trinajstić information content (AvgIpc) is 2.52. The predicted molar refractivity (Wildman–Crippen MR) is 83.5 cm³/mol. The highest BCUT2D eigenvalue weighted by Gasteiger charge is 2.43. The zero-order valence-corrected chi connectivity index (χ0v) is 13.6. The van der Waals surface area contributed by atoms with Gasteiger partial charge in [-0.2, -0.15) is 0 Å². The first kappa shape index (κ1) is 20.2. The van der Waals surface area contributed by atoms with Crippen LogP contribution in [-0.4, -0.2) is 75.1 Å². The van der Waals surface area contributed by atoms with E-state index >= 15 is 0 Å². The summed E-state index contributed by atoms with van der Waals surface area (Å²) < 4.78 is 10.7. The predicted octanol–water partition coefficient (Wildman–Crippen LogP) is -0.534. The summed E-state index contributed by atoms with van der Waals surface area (Å²) in [6.07, 6.45) is -1.83. The van der Waals surface area contributed by atoms with Crippen LogP contribution in [0.4, 0.5) is 0 Å². The second-order valence-electron chi connectivity index (χ2n) is 6.16. The Balaban J connectivity index is 2.48. The molecule has 0 aromatic carbocycles. The quantitative estimate of drug-likeness (QED) is 0.379. The third-order valence-electron chi connectivity index (χ3n) is 3.91. The Bertz CT molecular complexity index is 405. The number of rotatable bonds is 8. The molecule has 1 aliphatic heterocycles. The fraction of sp³-hybridized carbons (Fsp3) is 0.750. The van der Waals surface area contributed by atoms with Gasteiger partial charge in [0.15, 0.2) is 6.29 Å². The number of aliphatic hydroxyl groups excluding tert-OH is 4. The third kappa shape index (κ3) is 5.96. The Morgan fingerprint density at radius 2 is 1.91 bits per heavy atom. The van der Waals surface area contributed by atoms with E-state index in [1.165, 1.54) is 6.08 Å². The topological polar surface area (TPSA) is 120 Å². The van der Waals surface area contributed by atoms with Crippen molar-refractivity contribution < 1.29 is 35.0 Å². The molecule has 0 aliphatic carbocycles. The molecule has 0 amide bonds. The van der Waals surface area contributed by atoms with Crippen molar-refractivity contribution in [3.63, 3.8) is 0 Å². The maximum Gasteiger partial charge on any atom is 0.187 e. The molecule has 7 heteroatoms. The van der Waals surface area contributed by atoms with Gasteiger partial charge in [-0.05, 0) is 26.7 Å². The van der Waals surface area contributed by atoms with E-state index in [2.05, 4.69) is 6.58 Å². The van der Waals surface area contributed by atoms with E-state index in [9.17, 15) is 20.4 Å². The highest BCUT2D eigenvalue weighted by atomic mass is 16.7. The van der Waals surface area contributed by atoms with Gasteiger partial charge in [-0.3, -0.25) is 0 Å². The van der Waals surface area contributed by atoms with Crippen LogP contribution in [0, 0.1) is 0 Å². The minimum Gasteiger partial charge on any atom is -0.394 e. The largest absolute Gasteiger partial charge is 0.394 e. The van der Waals surface area contributed by atoms with Gasteiger partial charge in [0.05, 0.1) is 18.8 Å². The lowest BCUT2D eigenvalue weighted by Gasteiger charge is -2.39. The Labute approximate surface area is 136 Å². The number of aliphatic hydroxyl groups is 5. The molecule has 0 aromatic rings. The standard InChI is InChI=1S/C16H28O7/c1-4-16(3,21)7-5-6-10(2)9-22-15-14(20)13(19)12(18)11(8-17)23-15/h4,6,11-15,17-21H,1,5,7-9H2,2-3H3/b10-6+/t11-,12-,13+,14-,15+,16+/m1/s1. The van der Waals surface area contributed by atoms with Gasteiger partial charge in [0, 0.05) is 0 Å². The highest BCUT2D eigenvalue weighted by molar-refractivity contribution is 5.01. The van der Waals surface area contributed by atoms with Gasteiger partial charge < -0.3 is 35.0 Å². The summed E-state index contributed by atoms with van der Waals surface area (Å²) >= 11 is 0. The van der Waals surface area contributed by atoms with E-state index in [-0.39, 0.29) is 6.61 Å². The molecule has 1 rings (SSSR count). The van der Waals surface area contributed by atoms with Crippen molar-refractivity contribution in [2.75, 3.05) is 13.2 Å². The molecule has 0 aromatic heterocycles. The lowest BCUT2D eigenvalue weighted by atomic mass is 9.99. The zero-order valence-electron chi connectivity index (χ0n) is 13.6. The monoisotopic (exact) mass is 332 g/mol. The minimum absolute atomic E-state index is 0.152. The van der Waals surface area contributed by atoms with Crippen molar-refractivity contribution >= 4 is 0 Å². The van der Waals surface area contributed by atoms with Crippen molar-refractivity contribution in [2.24, 2.45) is 0 Å². The molecule has 0 spiro atoms. The van der Waals surface area contributed by atoms with Crippen LogP contribution in [0.3, 0.4) is 0 Å². The van der Waals surface area contributed by atoms with Gasteiger partial charge in [0.1, 0.15) is 24.4 Å². The van der Waals surface area contributed by atoms with Gasteiger partial charge in [-0.1, -0.05) is 17.7 Å². The SMILES string of the molecule is C=C[C@](C)(O)CC/C=C(\C)CO[C@H]1O[C@H](CO)[C@@H](O)[C@H](O)[C@H]1O. The van der Waals surface area contributed by atoms with Crippen LogP contribution < -0.4 is 0 Å². The number of hydrogen-bond donors (Lipinski definition) is 5. The first-order valence-corrected chi connectivity index (χ1v) is 7.65. The molecule has 23 heavy (non-hydrogen) atoms. The number of ether oxygens (including phenoxy) is 2. The van der Waals surface area contributed by atoms with Crippen LogP contribution in [0.15, 0.2) is 24.3 Å². The Morgan fingerprint density at radius 3 is 2.48 bits per heavy atom. The second kappa shape index (κ2) is 8.89. The van der Waals surface area contributed by atoms with E-state index in [0.717, 1.165) is 5.57 Å². The molecule has 0 saturated carbocycles. The molecule has 0 radical (unpaired) electrons. The fourth-order valence-electron chi connectivity index (χ4n) is 2.19. The van der Waals surface area contributed by atoms with E-state index in [0.29, 0.717) is 12.8 Å². The Morgan fingerprint density at radius 1 is 1.26 bits per heavy atom. The molecule has 1 fully saturated rings. The van der Waals surface area contributed by atoms with Gasteiger partial charge in [0.25, 0.3) is 0 Å². The Hall–Kier alpha value is -0.800. The summed E-state index contributed by atoms with van der Waals surface area (Å²) in [5, 5.41) is 48.1. The summed E-state index contributed by atoms with van der Waals surface area (Å²) in [7, 11) is 0. The second-order valence-corrected chi connectivity index (χ2v) is 6.16. The zero-order chi connectivity index (χ0) is 17.6. The lowest BCUT2D eigenvalue weighted by molar-refractivity contribution is -0.299. The van der Waals surface area contributed by atoms with Crippen LogP contribution in [0.5, 0.6) is 0 Å². The molecular weight excluding hydrogens is 304 g/mol. The fourth-order valence-corrected chi connectivity index (χ4v) is 2.19. The maximum absolute atomic E-state index is 9.84. The average molecular weight is 332 g/mol. The maximum atomic E-state index is 9.84. The minimum atomic E-state index is -1.45. The van der Waals surface area contributed by atoms with Crippen molar-refractivity contribution in [3.05, 3.63) is 24.3 Å². The summed E-state index contributed by atoms with van der Waals surface area (Å²) in [5.41, 5.74) is -0.0589. The molecule has 0 unspecified atom stereocenters. The summed E-state index contributed by atoms with van der Waals surface area (Å²) in [5.74, 6) is 0. The first-order valence-electron chi connectivity index (χ1n) is 7.65. The van der Waals surface area contributed by atoms with E-state index in [4.69, 9.17) is 14.6 Å². The van der Waals surface area contributed by atoms with Crippen LogP contribution in [0.1, 0.15) is 26.7 Å². The van der Waals surface area contributed by atoms with Crippen LogP contribution in [0.25, 0.3) is 0 Å². The lowest BCUT2D eigenvalue weighted by Crippen LogP contribution is -2.59. The molecule has 1 saturated heterocycles. The van der Waals surface area contributed by atoms with E-state index in [1.807, 2.05) is 13.0 Å². The van der Waals surface area contributed by atoms with E-state index < -0.39 is 42.9 Å². The molecule has 1 heterocycles. The molecule has 5 N–H and O–H groups in total. The Kier molecular flexibility index (Phi) is 7.82. The van der Waals surface area contributed by atoms with E-state index in [1.54, 1.807) is 6.92 Å².